The average molecular weight is 313 g/mol. The predicted octanol–water partition coefficient (Wildman–Crippen LogP) is 0.390. The van der Waals surface area contributed by atoms with Gasteiger partial charge in [0.2, 0.25) is 10.0 Å². The van der Waals surface area contributed by atoms with Crippen LogP contribution >= 0.6 is 0 Å². The van der Waals surface area contributed by atoms with E-state index in [4.69, 9.17) is 5.73 Å². The number of rotatable bonds is 5. The van der Waals surface area contributed by atoms with Gasteiger partial charge in [-0.05, 0) is 32.2 Å². The molecule has 7 nitrogen and oxygen atoms in total. The molecule has 2 aliphatic rings. The Morgan fingerprint density at radius 3 is 3.00 bits per heavy atom. The van der Waals surface area contributed by atoms with Crippen molar-refractivity contribution in [2.45, 2.75) is 56.1 Å². The summed E-state index contributed by atoms with van der Waals surface area (Å²) in [7, 11) is -3.60. The van der Waals surface area contributed by atoms with E-state index >= 15 is 0 Å². The molecule has 21 heavy (non-hydrogen) atoms. The molecule has 0 aromatic carbocycles. The molecule has 0 spiro atoms. The van der Waals surface area contributed by atoms with Gasteiger partial charge in [0.25, 0.3) is 0 Å². The second kappa shape index (κ2) is 5.58. The molecule has 1 aromatic heterocycles. The van der Waals surface area contributed by atoms with Crippen molar-refractivity contribution in [2.75, 3.05) is 18.8 Å². The van der Waals surface area contributed by atoms with Crippen molar-refractivity contribution >= 4 is 15.8 Å². The maximum Gasteiger partial charge on any atom is 0.246 e. The standard InChI is InChI=1S/C13H23N5O2S/c1-2-6-18-9-12(13(14)15-18)21(19,20)16-10-5-8-17-7-3-4-11(10)17/h9-11,16H,2-8H2,1H3,(H2,14,15). The highest BCUT2D eigenvalue weighted by Crippen LogP contribution is 2.29. The van der Waals surface area contributed by atoms with Crippen LogP contribution in [0.4, 0.5) is 5.82 Å². The Labute approximate surface area is 125 Å². The van der Waals surface area contributed by atoms with Gasteiger partial charge in [-0.2, -0.15) is 5.10 Å². The van der Waals surface area contributed by atoms with E-state index in [0.29, 0.717) is 12.6 Å². The number of nitrogens with zero attached hydrogens (tertiary/aromatic N) is 3. The molecule has 0 bridgehead atoms. The molecule has 2 fully saturated rings. The zero-order chi connectivity index (χ0) is 15.0. The summed E-state index contributed by atoms with van der Waals surface area (Å²) in [5, 5.41) is 4.07. The number of aryl methyl sites for hydroxylation is 1. The van der Waals surface area contributed by atoms with Gasteiger partial charge in [0.1, 0.15) is 4.90 Å². The topological polar surface area (TPSA) is 93.2 Å². The van der Waals surface area contributed by atoms with Gasteiger partial charge in [0.05, 0.1) is 0 Å². The van der Waals surface area contributed by atoms with E-state index in [1.165, 1.54) is 6.20 Å². The molecule has 1 aromatic rings. The van der Waals surface area contributed by atoms with Crippen molar-refractivity contribution in [2.24, 2.45) is 0 Å². The van der Waals surface area contributed by atoms with Crippen molar-refractivity contribution in [3.8, 4) is 0 Å². The number of sulfonamides is 1. The summed E-state index contributed by atoms with van der Waals surface area (Å²) in [6.07, 6.45) is 5.50. The van der Waals surface area contributed by atoms with Gasteiger partial charge in [0, 0.05) is 31.4 Å². The van der Waals surface area contributed by atoms with Crippen LogP contribution in [-0.4, -0.2) is 48.3 Å². The summed E-state index contributed by atoms with van der Waals surface area (Å²) in [6, 6.07) is 0.332. The molecule has 2 unspecified atom stereocenters. The number of aromatic nitrogens is 2. The number of nitrogens with two attached hydrogens (primary N) is 1. The van der Waals surface area contributed by atoms with Crippen molar-refractivity contribution in [1.29, 1.82) is 0 Å². The third kappa shape index (κ3) is 2.79. The lowest BCUT2D eigenvalue weighted by Gasteiger charge is -2.20. The summed E-state index contributed by atoms with van der Waals surface area (Å²) >= 11 is 0. The minimum absolute atomic E-state index is 0.00794. The van der Waals surface area contributed by atoms with Crippen LogP contribution in [0.25, 0.3) is 0 Å². The fraction of sp³-hybridized carbons (Fsp3) is 0.769. The molecule has 8 heteroatoms. The van der Waals surface area contributed by atoms with E-state index in [2.05, 4.69) is 14.7 Å². The lowest BCUT2D eigenvalue weighted by molar-refractivity contribution is 0.309. The SMILES string of the molecule is CCCn1cc(S(=O)(=O)NC2CCN3CCCC23)c(N)n1. The van der Waals surface area contributed by atoms with Crippen LogP contribution in [0.15, 0.2) is 11.1 Å². The first-order chi connectivity index (χ1) is 10.0. The number of anilines is 1. The molecule has 3 N–H and O–H groups in total. The number of nitrogens with one attached hydrogen (secondary N) is 1. The fourth-order valence-electron chi connectivity index (χ4n) is 3.45. The van der Waals surface area contributed by atoms with Gasteiger partial charge in [-0.25, -0.2) is 13.1 Å². The minimum Gasteiger partial charge on any atom is -0.381 e. The van der Waals surface area contributed by atoms with Crippen molar-refractivity contribution in [1.82, 2.24) is 19.4 Å². The van der Waals surface area contributed by atoms with Gasteiger partial charge in [0.15, 0.2) is 5.82 Å². The van der Waals surface area contributed by atoms with Crippen molar-refractivity contribution in [3.05, 3.63) is 6.20 Å². The molecular formula is C13H23N5O2S. The Morgan fingerprint density at radius 2 is 2.24 bits per heavy atom. The van der Waals surface area contributed by atoms with Gasteiger partial charge in [-0.3, -0.25) is 9.58 Å². The second-order valence-electron chi connectivity index (χ2n) is 5.90. The van der Waals surface area contributed by atoms with E-state index in [0.717, 1.165) is 38.8 Å². The maximum atomic E-state index is 12.6. The van der Waals surface area contributed by atoms with Gasteiger partial charge < -0.3 is 5.73 Å². The van der Waals surface area contributed by atoms with E-state index in [-0.39, 0.29) is 16.8 Å². The number of fused-ring (bicyclic) bond motifs is 1. The normalized spacial score (nSPS) is 26.3. The maximum absolute atomic E-state index is 12.6. The van der Waals surface area contributed by atoms with Crippen LogP contribution in [0.3, 0.4) is 0 Å². The van der Waals surface area contributed by atoms with Crippen LogP contribution in [0, 0.1) is 0 Å². The van der Waals surface area contributed by atoms with Crippen LogP contribution < -0.4 is 10.5 Å². The zero-order valence-electron chi connectivity index (χ0n) is 12.3. The Bertz CT molecular complexity index is 612. The summed E-state index contributed by atoms with van der Waals surface area (Å²) in [5.41, 5.74) is 5.78. The average Bonchev–Trinajstić information content (AvgIpc) is 3.08. The molecule has 0 amide bonds. The summed E-state index contributed by atoms with van der Waals surface area (Å²) in [4.78, 5) is 2.48. The number of hydrogen-bond donors (Lipinski definition) is 2. The highest BCUT2D eigenvalue weighted by Gasteiger charge is 2.39. The quantitative estimate of drug-likeness (QED) is 0.820. The number of nitrogen functional groups attached to an aromatic ring is 1. The van der Waals surface area contributed by atoms with E-state index in [9.17, 15) is 8.42 Å². The van der Waals surface area contributed by atoms with Gasteiger partial charge in [-0.15, -0.1) is 0 Å². The van der Waals surface area contributed by atoms with Gasteiger partial charge in [-0.1, -0.05) is 6.92 Å². The summed E-state index contributed by atoms with van der Waals surface area (Å²) in [5.74, 6) is 0.0808. The highest BCUT2D eigenvalue weighted by molar-refractivity contribution is 7.89. The Kier molecular flexibility index (Phi) is 3.94. The second-order valence-corrected chi connectivity index (χ2v) is 7.59. The molecule has 2 saturated heterocycles. The molecule has 0 radical (unpaired) electrons. The zero-order valence-corrected chi connectivity index (χ0v) is 13.1. The van der Waals surface area contributed by atoms with E-state index in [1.807, 2.05) is 6.92 Å². The molecular weight excluding hydrogens is 290 g/mol. The largest absolute Gasteiger partial charge is 0.381 e. The summed E-state index contributed by atoms with van der Waals surface area (Å²) in [6.45, 7) is 4.74. The van der Waals surface area contributed by atoms with Crippen molar-refractivity contribution in [3.63, 3.8) is 0 Å². The van der Waals surface area contributed by atoms with Crippen LogP contribution in [0.2, 0.25) is 0 Å². The third-order valence-corrected chi connectivity index (χ3v) is 5.92. The molecule has 0 saturated carbocycles. The highest BCUT2D eigenvalue weighted by atomic mass is 32.2. The molecule has 3 rings (SSSR count). The minimum atomic E-state index is -3.60. The van der Waals surface area contributed by atoms with Gasteiger partial charge >= 0.3 is 0 Å². The molecule has 2 atom stereocenters. The first kappa shape index (κ1) is 14.8. The lowest BCUT2D eigenvalue weighted by Crippen LogP contribution is -2.42. The molecule has 3 heterocycles. The Balaban J connectivity index is 1.77. The van der Waals surface area contributed by atoms with E-state index in [1.54, 1.807) is 4.68 Å². The molecule has 2 aliphatic heterocycles. The number of hydrogen-bond acceptors (Lipinski definition) is 5. The van der Waals surface area contributed by atoms with Crippen LogP contribution in [0.5, 0.6) is 0 Å². The lowest BCUT2D eigenvalue weighted by atomic mass is 10.1. The third-order valence-electron chi connectivity index (χ3n) is 4.41. The van der Waals surface area contributed by atoms with Crippen LogP contribution in [-0.2, 0) is 16.6 Å². The molecule has 0 aliphatic carbocycles. The van der Waals surface area contributed by atoms with Crippen molar-refractivity contribution < 1.29 is 8.42 Å². The Morgan fingerprint density at radius 1 is 1.43 bits per heavy atom. The summed E-state index contributed by atoms with van der Waals surface area (Å²) < 4.78 is 29.5. The first-order valence-corrected chi connectivity index (χ1v) is 9.09. The smallest absolute Gasteiger partial charge is 0.246 e. The first-order valence-electron chi connectivity index (χ1n) is 7.60. The van der Waals surface area contributed by atoms with E-state index < -0.39 is 10.0 Å². The predicted molar refractivity (Wildman–Crippen MR) is 80.3 cm³/mol. The van der Waals surface area contributed by atoms with Crippen LogP contribution in [0.1, 0.15) is 32.6 Å². The fourth-order valence-corrected chi connectivity index (χ4v) is 4.83. The Hall–Kier alpha value is -1.12. The monoisotopic (exact) mass is 313 g/mol. The molecule has 118 valence electrons.